The molecule has 2 N–H and O–H groups in total. The number of carbonyl (C=O) groups excluding carboxylic acids is 1. The molecule has 0 fully saturated rings. The number of aryl methyl sites for hydroxylation is 1. The van der Waals surface area contributed by atoms with Crippen molar-refractivity contribution >= 4 is 17.2 Å². The minimum atomic E-state index is -4.30. The molecule has 0 saturated carbocycles. The molecule has 1 heterocycles. The monoisotopic (exact) mass is 267 g/mol. The van der Waals surface area contributed by atoms with Crippen LogP contribution < -0.4 is 10.6 Å². The van der Waals surface area contributed by atoms with Crippen molar-refractivity contribution in [3.63, 3.8) is 0 Å². The third kappa shape index (κ3) is 6.22. The quantitative estimate of drug-likeness (QED) is 0.843. The first-order valence-corrected chi connectivity index (χ1v) is 5.70. The molecule has 0 atom stereocenters. The normalized spacial score (nSPS) is 11.5. The largest absolute Gasteiger partial charge is 0.401 e. The highest BCUT2D eigenvalue weighted by molar-refractivity contribution is 7.09. The van der Waals surface area contributed by atoms with E-state index in [1.807, 2.05) is 17.6 Å². The highest BCUT2D eigenvalue weighted by atomic mass is 32.1. The number of nitrogens with one attached hydrogen (secondary N) is 2. The lowest BCUT2D eigenvalue weighted by atomic mass is 10.5. The molecule has 0 spiro atoms. The number of rotatable bonds is 5. The Labute approximate surface area is 100 Å². The Morgan fingerprint density at radius 2 is 2.24 bits per heavy atom. The summed E-state index contributed by atoms with van der Waals surface area (Å²) < 4.78 is 35.3. The van der Waals surface area contributed by atoms with Crippen molar-refractivity contribution in [1.82, 2.24) is 15.6 Å². The van der Waals surface area contributed by atoms with E-state index in [0.29, 0.717) is 0 Å². The molecule has 0 radical (unpaired) electrons. The van der Waals surface area contributed by atoms with Gasteiger partial charge in [0.1, 0.15) is 5.01 Å². The topological polar surface area (TPSA) is 54.0 Å². The zero-order valence-corrected chi connectivity index (χ0v) is 9.91. The average Bonchev–Trinajstić information content (AvgIpc) is 2.59. The van der Waals surface area contributed by atoms with Crippen molar-refractivity contribution in [2.24, 2.45) is 0 Å². The van der Waals surface area contributed by atoms with Crippen molar-refractivity contribution in [2.75, 3.05) is 13.1 Å². The third-order valence-corrected chi connectivity index (χ3v) is 2.68. The standard InChI is InChI=1S/C9H12F3N3OS/c1-6-4-17-8(15-6)3-14-7(16)2-13-5-9(10,11)12/h4,13H,2-3,5H2,1H3,(H,14,16). The van der Waals surface area contributed by atoms with Crippen LogP contribution in [-0.2, 0) is 11.3 Å². The van der Waals surface area contributed by atoms with E-state index >= 15 is 0 Å². The molecular weight excluding hydrogens is 255 g/mol. The van der Waals surface area contributed by atoms with Crippen LogP contribution in [0.1, 0.15) is 10.7 Å². The Balaban J connectivity index is 2.18. The average molecular weight is 267 g/mol. The van der Waals surface area contributed by atoms with Crippen LogP contribution in [0, 0.1) is 6.92 Å². The fourth-order valence-electron chi connectivity index (χ4n) is 1.04. The van der Waals surface area contributed by atoms with Crippen LogP contribution in [0.15, 0.2) is 5.38 Å². The van der Waals surface area contributed by atoms with E-state index in [1.165, 1.54) is 11.3 Å². The summed E-state index contributed by atoms with van der Waals surface area (Å²) in [6.45, 7) is 0.540. The highest BCUT2D eigenvalue weighted by Crippen LogP contribution is 2.11. The SMILES string of the molecule is Cc1csc(CNC(=O)CNCC(F)(F)F)n1. The number of halogens is 3. The molecule has 0 aliphatic rings. The van der Waals surface area contributed by atoms with Crippen molar-refractivity contribution in [2.45, 2.75) is 19.6 Å². The highest BCUT2D eigenvalue weighted by Gasteiger charge is 2.26. The lowest BCUT2D eigenvalue weighted by molar-refractivity contribution is -0.128. The van der Waals surface area contributed by atoms with Gasteiger partial charge in [0, 0.05) is 11.1 Å². The minimum absolute atomic E-state index is 0.241. The van der Waals surface area contributed by atoms with E-state index in [-0.39, 0.29) is 13.1 Å². The zero-order valence-electron chi connectivity index (χ0n) is 9.10. The molecule has 0 unspecified atom stereocenters. The maximum atomic E-state index is 11.8. The predicted octanol–water partition coefficient (Wildman–Crippen LogP) is 1.22. The summed E-state index contributed by atoms with van der Waals surface area (Å²) in [5.74, 6) is -0.484. The first-order chi connectivity index (χ1) is 7.87. The van der Waals surface area contributed by atoms with Gasteiger partial charge in [-0.1, -0.05) is 0 Å². The van der Waals surface area contributed by atoms with Gasteiger partial charge in [0.05, 0.1) is 19.6 Å². The summed E-state index contributed by atoms with van der Waals surface area (Å²) in [7, 11) is 0. The van der Waals surface area contributed by atoms with Gasteiger partial charge in [-0.3, -0.25) is 4.79 Å². The van der Waals surface area contributed by atoms with Crippen LogP contribution in [0.2, 0.25) is 0 Å². The number of amides is 1. The van der Waals surface area contributed by atoms with Gasteiger partial charge >= 0.3 is 6.18 Å². The van der Waals surface area contributed by atoms with Gasteiger partial charge in [0.15, 0.2) is 0 Å². The molecule has 4 nitrogen and oxygen atoms in total. The third-order valence-electron chi connectivity index (χ3n) is 1.71. The Kier molecular flexibility index (Phi) is 4.88. The number of carbonyl (C=O) groups is 1. The smallest absolute Gasteiger partial charge is 0.348 e. The van der Waals surface area contributed by atoms with Gasteiger partial charge < -0.3 is 10.6 Å². The molecule has 1 amide bonds. The maximum absolute atomic E-state index is 11.8. The summed E-state index contributed by atoms with van der Waals surface area (Å²) in [6, 6.07) is 0. The van der Waals surface area contributed by atoms with Gasteiger partial charge in [-0.15, -0.1) is 11.3 Å². The van der Waals surface area contributed by atoms with Crippen LogP contribution in [0.5, 0.6) is 0 Å². The second-order valence-corrected chi connectivity index (χ2v) is 4.32. The summed E-state index contributed by atoms with van der Waals surface area (Å²) in [5.41, 5.74) is 0.856. The Bertz CT molecular complexity index is 378. The number of aromatic nitrogens is 1. The summed E-state index contributed by atoms with van der Waals surface area (Å²) in [6.07, 6.45) is -4.30. The molecule has 1 aromatic rings. The molecule has 1 aromatic heterocycles. The van der Waals surface area contributed by atoms with Crippen molar-refractivity contribution in [1.29, 1.82) is 0 Å². The Hall–Kier alpha value is -1.15. The van der Waals surface area contributed by atoms with E-state index < -0.39 is 18.6 Å². The molecule has 1 rings (SSSR count). The second kappa shape index (κ2) is 5.97. The van der Waals surface area contributed by atoms with Gasteiger partial charge in [0.2, 0.25) is 5.91 Å². The fraction of sp³-hybridized carbons (Fsp3) is 0.556. The lowest BCUT2D eigenvalue weighted by Crippen LogP contribution is -2.37. The molecule has 0 saturated heterocycles. The Morgan fingerprint density at radius 3 is 2.76 bits per heavy atom. The molecule has 0 aliphatic heterocycles. The fourth-order valence-corrected chi connectivity index (χ4v) is 1.75. The number of alkyl halides is 3. The minimum Gasteiger partial charge on any atom is -0.348 e. The zero-order chi connectivity index (χ0) is 12.9. The molecule has 8 heteroatoms. The molecule has 0 aromatic carbocycles. The molecule has 96 valence electrons. The van der Waals surface area contributed by atoms with Crippen molar-refractivity contribution in [3.05, 3.63) is 16.1 Å². The van der Waals surface area contributed by atoms with E-state index in [4.69, 9.17) is 0 Å². The van der Waals surface area contributed by atoms with Crippen LogP contribution in [0.4, 0.5) is 13.2 Å². The lowest BCUT2D eigenvalue weighted by Gasteiger charge is -2.07. The van der Waals surface area contributed by atoms with Gasteiger partial charge in [-0.2, -0.15) is 13.2 Å². The van der Waals surface area contributed by atoms with Crippen LogP contribution >= 0.6 is 11.3 Å². The van der Waals surface area contributed by atoms with Crippen LogP contribution in [0.25, 0.3) is 0 Å². The number of nitrogens with zero attached hydrogens (tertiary/aromatic N) is 1. The summed E-state index contributed by atoms with van der Waals surface area (Å²) in [4.78, 5) is 15.3. The van der Waals surface area contributed by atoms with Gasteiger partial charge in [-0.05, 0) is 6.92 Å². The van der Waals surface area contributed by atoms with E-state index in [1.54, 1.807) is 0 Å². The van der Waals surface area contributed by atoms with Crippen LogP contribution in [0.3, 0.4) is 0 Å². The van der Waals surface area contributed by atoms with Crippen molar-refractivity contribution < 1.29 is 18.0 Å². The van der Waals surface area contributed by atoms with Crippen molar-refractivity contribution in [3.8, 4) is 0 Å². The molecular formula is C9H12F3N3OS. The van der Waals surface area contributed by atoms with E-state index in [0.717, 1.165) is 10.7 Å². The molecule has 0 aliphatic carbocycles. The first kappa shape index (κ1) is 13.9. The first-order valence-electron chi connectivity index (χ1n) is 4.82. The maximum Gasteiger partial charge on any atom is 0.401 e. The number of thiazole rings is 1. The van der Waals surface area contributed by atoms with Gasteiger partial charge in [-0.25, -0.2) is 4.98 Å². The number of hydrogen-bond donors (Lipinski definition) is 2. The molecule has 17 heavy (non-hydrogen) atoms. The molecule has 0 bridgehead atoms. The second-order valence-electron chi connectivity index (χ2n) is 3.38. The van der Waals surface area contributed by atoms with Gasteiger partial charge in [0.25, 0.3) is 0 Å². The summed E-state index contributed by atoms with van der Waals surface area (Å²) >= 11 is 1.39. The summed E-state index contributed by atoms with van der Waals surface area (Å²) in [5, 5.41) is 7.06. The van der Waals surface area contributed by atoms with E-state index in [9.17, 15) is 18.0 Å². The van der Waals surface area contributed by atoms with Crippen LogP contribution in [-0.4, -0.2) is 30.2 Å². The Morgan fingerprint density at radius 1 is 1.53 bits per heavy atom. The van der Waals surface area contributed by atoms with E-state index in [2.05, 4.69) is 10.3 Å². The number of hydrogen-bond acceptors (Lipinski definition) is 4. The predicted molar refractivity (Wildman–Crippen MR) is 57.6 cm³/mol.